The molecule has 5 nitrogen and oxygen atoms in total. The highest BCUT2D eigenvalue weighted by Crippen LogP contribution is 2.03. The number of allylic oxidation sites excluding steroid dienone is 8. The Morgan fingerprint density at radius 3 is 2.11 bits per heavy atom. The zero-order valence-electron chi connectivity index (χ0n) is 16.9. The predicted molar refractivity (Wildman–Crippen MR) is 116 cm³/mol. The number of carbonyl (C=O) groups is 1. The van der Waals surface area contributed by atoms with Crippen molar-refractivity contribution in [1.82, 2.24) is 5.32 Å². The Morgan fingerprint density at radius 2 is 1.46 bits per heavy atom. The number of nitrogens with one attached hydrogen (secondary N) is 1. The zero-order valence-corrected chi connectivity index (χ0v) is 16.9. The number of aliphatic hydroxyl groups excluding tert-OH is 3. The fourth-order valence-electron chi connectivity index (χ4n) is 2.07. The zero-order chi connectivity index (χ0) is 21.0. The van der Waals surface area contributed by atoms with Gasteiger partial charge in [0.05, 0.1) is 18.3 Å². The molecule has 0 saturated carbocycles. The van der Waals surface area contributed by atoms with Gasteiger partial charge in [0.15, 0.2) is 0 Å². The van der Waals surface area contributed by atoms with E-state index >= 15 is 0 Å². The molecule has 156 valence electrons. The van der Waals surface area contributed by atoms with Crippen molar-refractivity contribution in [3.8, 4) is 0 Å². The van der Waals surface area contributed by atoms with Gasteiger partial charge in [-0.25, -0.2) is 0 Å². The van der Waals surface area contributed by atoms with Gasteiger partial charge in [0, 0.05) is 13.5 Å². The lowest BCUT2D eigenvalue weighted by Crippen LogP contribution is -2.22. The summed E-state index contributed by atoms with van der Waals surface area (Å²) in [5, 5.41) is 32.0. The molecule has 0 aromatic carbocycles. The van der Waals surface area contributed by atoms with Crippen molar-refractivity contribution >= 4 is 5.91 Å². The normalized spacial score (nSPS) is 16.3. The van der Waals surface area contributed by atoms with E-state index < -0.39 is 18.3 Å². The van der Waals surface area contributed by atoms with Gasteiger partial charge >= 0.3 is 0 Å². The molecule has 0 aliphatic rings. The van der Waals surface area contributed by atoms with Crippen LogP contribution in [0.1, 0.15) is 39.0 Å². The second-order valence-electron chi connectivity index (χ2n) is 6.20. The first kappa shape index (κ1) is 25.8. The van der Waals surface area contributed by atoms with Crippen LogP contribution in [0.25, 0.3) is 0 Å². The second-order valence-corrected chi connectivity index (χ2v) is 6.20. The molecule has 28 heavy (non-hydrogen) atoms. The summed E-state index contributed by atoms with van der Waals surface area (Å²) in [4.78, 5) is 11.1. The van der Waals surface area contributed by atoms with E-state index in [2.05, 4.69) is 12.2 Å². The van der Waals surface area contributed by atoms with E-state index in [1.807, 2.05) is 30.4 Å². The Balaban J connectivity index is 4.06. The molecule has 0 spiro atoms. The summed E-state index contributed by atoms with van der Waals surface area (Å²) in [6, 6.07) is 0. The smallest absolute Gasteiger partial charge is 0.220 e. The molecule has 5 heteroatoms. The number of aliphatic hydroxyl groups is 3. The van der Waals surface area contributed by atoms with Crippen molar-refractivity contribution in [2.24, 2.45) is 0 Å². The standard InChI is InChI=1S/C23H35NO4/c1-3-4-10-15-20(25)16-11-7-5-6-8-12-17-21(26)22(27)18-13-9-14-19-23(28)24-2/h4-13,16-17,20-22,25-27H,3,14-15,18-19H2,1-2H3,(H,24,28)/b7-5-,8-6+,10-4-,13-9-,16-11+,17-12+/t20-,21+,22-/m0/s1. The molecule has 3 atom stereocenters. The van der Waals surface area contributed by atoms with Gasteiger partial charge in [-0.1, -0.05) is 79.8 Å². The van der Waals surface area contributed by atoms with Crippen LogP contribution < -0.4 is 5.32 Å². The fraction of sp³-hybridized carbons (Fsp3) is 0.435. The van der Waals surface area contributed by atoms with Crippen molar-refractivity contribution in [1.29, 1.82) is 0 Å². The van der Waals surface area contributed by atoms with E-state index in [1.165, 1.54) is 6.08 Å². The Labute approximate surface area is 169 Å². The Morgan fingerprint density at radius 1 is 0.857 bits per heavy atom. The highest BCUT2D eigenvalue weighted by Gasteiger charge is 2.10. The fourth-order valence-corrected chi connectivity index (χ4v) is 2.07. The lowest BCUT2D eigenvalue weighted by molar-refractivity contribution is -0.120. The van der Waals surface area contributed by atoms with Gasteiger partial charge in [-0.2, -0.15) is 0 Å². The highest BCUT2D eigenvalue weighted by atomic mass is 16.3. The molecule has 4 N–H and O–H groups in total. The van der Waals surface area contributed by atoms with E-state index in [0.717, 1.165) is 6.42 Å². The number of amides is 1. The molecule has 0 unspecified atom stereocenters. The van der Waals surface area contributed by atoms with E-state index in [-0.39, 0.29) is 5.91 Å². The van der Waals surface area contributed by atoms with Crippen molar-refractivity contribution in [2.45, 2.75) is 57.3 Å². The minimum Gasteiger partial charge on any atom is -0.390 e. The first-order chi connectivity index (χ1) is 13.5. The molecule has 0 rings (SSSR count). The first-order valence-corrected chi connectivity index (χ1v) is 9.74. The van der Waals surface area contributed by atoms with E-state index in [1.54, 1.807) is 43.5 Å². The van der Waals surface area contributed by atoms with Crippen molar-refractivity contribution < 1.29 is 20.1 Å². The van der Waals surface area contributed by atoms with Crippen LogP contribution in [-0.4, -0.2) is 46.6 Å². The number of rotatable bonds is 14. The maximum absolute atomic E-state index is 11.1. The van der Waals surface area contributed by atoms with E-state index in [0.29, 0.717) is 25.7 Å². The van der Waals surface area contributed by atoms with Crippen LogP contribution in [0, 0.1) is 0 Å². The molecule has 0 aliphatic heterocycles. The largest absolute Gasteiger partial charge is 0.390 e. The molecule has 0 radical (unpaired) electrons. The summed E-state index contributed by atoms with van der Waals surface area (Å²) in [6.45, 7) is 2.05. The van der Waals surface area contributed by atoms with Gasteiger partial charge in [0.2, 0.25) is 5.91 Å². The van der Waals surface area contributed by atoms with Gasteiger partial charge in [-0.3, -0.25) is 4.79 Å². The van der Waals surface area contributed by atoms with Crippen LogP contribution in [-0.2, 0) is 4.79 Å². The lowest BCUT2D eigenvalue weighted by Gasteiger charge is -2.11. The van der Waals surface area contributed by atoms with Gasteiger partial charge in [0.1, 0.15) is 0 Å². The quantitative estimate of drug-likeness (QED) is 0.271. The van der Waals surface area contributed by atoms with Crippen LogP contribution in [0.2, 0.25) is 0 Å². The third-order valence-corrected chi connectivity index (χ3v) is 3.73. The van der Waals surface area contributed by atoms with Crippen LogP contribution in [0.4, 0.5) is 0 Å². The van der Waals surface area contributed by atoms with E-state index in [4.69, 9.17) is 0 Å². The van der Waals surface area contributed by atoms with E-state index in [9.17, 15) is 20.1 Å². The van der Waals surface area contributed by atoms with Gasteiger partial charge in [0.25, 0.3) is 0 Å². The summed E-state index contributed by atoms with van der Waals surface area (Å²) < 4.78 is 0. The summed E-state index contributed by atoms with van der Waals surface area (Å²) in [5.41, 5.74) is 0. The third kappa shape index (κ3) is 16.0. The number of hydrogen-bond acceptors (Lipinski definition) is 4. The van der Waals surface area contributed by atoms with Gasteiger partial charge in [-0.05, 0) is 25.7 Å². The molecule has 0 aliphatic carbocycles. The molecule has 0 bridgehead atoms. The Hall–Kier alpha value is -2.21. The number of hydrogen-bond donors (Lipinski definition) is 4. The average molecular weight is 390 g/mol. The molecule has 0 fully saturated rings. The maximum Gasteiger partial charge on any atom is 0.220 e. The molecule has 0 saturated heterocycles. The predicted octanol–water partition coefficient (Wildman–Crippen LogP) is 3.12. The molecule has 0 heterocycles. The van der Waals surface area contributed by atoms with Crippen molar-refractivity contribution in [2.75, 3.05) is 7.05 Å². The Bertz CT molecular complexity index is 573. The molecule has 0 aromatic rings. The monoisotopic (exact) mass is 389 g/mol. The summed E-state index contributed by atoms with van der Waals surface area (Å²) >= 11 is 0. The maximum atomic E-state index is 11.1. The minimum absolute atomic E-state index is 0.0233. The average Bonchev–Trinajstić information content (AvgIpc) is 2.69. The lowest BCUT2D eigenvalue weighted by atomic mass is 10.1. The van der Waals surface area contributed by atoms with Crippen LogP contribution >= 0.6 is 0 Å². The highest BCUT2D eigenvalue weighted by molar-refractivity contribution is 5.75. The topological polar surface area (TPSA) is 89.8 Å². The molecular weight excluding hydrogens is 354 g/mol. The summed E-state index contributed by atoms with van der Waals surface area (Å²) in [5.74, 6) is -0.0233. The van der Waals surface area contributed by atoms with Gasteiger partial charge in [-0.15, -0.1) is 0 Å². The van der Waals surface area contributed by atoms with Crippen molar-refractivity contribution in [3.05, 3.63) is 72.9 Å². The summed E-state index contributed by atoms with van der Waals surface area (Å²) in [7, 11) is 1.59. The minimum atomic E-state index is -0.955. The molecule has 1 amide bonds. The second kappa shape index (κ2) is 18.2. The van der Waals surface area contributed by atoms with Crippen LogP contribution in [0.5, 0.6) is 0 Å². The SMILES string of the molecule is CC/C=C\C[C@H](O)/C=C/C=C\C=C\C=C\[C@@H](O)[C@@H](O)C/C=C\CCC(=O)NC. The van der Waals surface area contributed by atoms with Crippen LogP contribution in [0.15, 0.2) is 72.9 Å². The number of carbonyl (C=O) groups excluding carboxylic acids is 1. The summed E-state index contributed by atoms with van der Waals surface area (Å²) in [6.07, 6.45) is 22.0. The van der Waals surface area contributed by atoms with Gasteiger partial charge < -0.3 is 20.6 Å². The molecular formula is C23H35NO4. The van der Waals surface area contributed by atoms with Crippen molar-refractivity contribution in [3.63, 3.8) is 0 Å². The Kier molecular flexibility index (Phi) is 16.7. The van der Waals surface area contributed by atoms with Crippen LogP contribution in [0.3, 0.4) is 0 Å². The first-order valence-electron chi connectivity index (χ1n) is 9.74. The third-order valence-electron chi connectivity index (χ3n) is 3.73. The molecule has 0 aromatic heterocycles.